The van der Waals surface area contributed by atoms with Gasteiger partial charge in [0, 0.05) is 16.9 Å². The van der Waals surface area contributed by atoms with E-state index >= 15 is 0 Å². The van der Waals surface area contributed by atoms with Gasteiger partial charge in [-0.15, -0.1) is 0 Å². The van der Waals surface area contributed by atoms with Crippen LogP contribution in [0.2, 0.25) is 0 Å². The van der Waals surface area contributed by atoms with E-state index in [4.69, 9.17) is 0 Å². The van der Waals surface area contributed by atoms with Crippen LogP contribution in [0, 0.1) is 5.82 Å². The van der Waals surface area contributed by atoms with Crippen LogP contribution in [0.5, 0.6) is 0 Å². The first kappa shape index (κ1) is 9.65. The lowest BCUT2D eigenvalue weighted by molar-refractivity contribution is 0.624. The van der Waals surface area contributed by atoms with Crippen molar-refractivity contribution in [3.8, 4) is 0 Å². The smallest absolute Gasteiger partial charge is 0.150 e. The summed E-state index contributed by atoms with van der Waals surface area (Å²) < 4.78 is 15.9. The molecule has 4 heteroatoms. The molecule has 14 heavy (non-hydrogen) atoms. The predicted octanol–water partition coefficient (Wildman–Crippen LogP) is 3.04. The molecular formula is C10H10BrFN2. The van der Waals surface area contributed by atoms with Gasteiger partial charge < -0.3 is 0 Å². The third-order valence-corrected chi connectivity index (χ3v) is 2.73. The highest BCUT2D eigenvalue weighted by Gasteiger charge is 2.11. The fraction of sp³-hybridized carbons (Fsp3) is 0.300. The second-order valence-electron chi connectivity index (χ2n) is 3.21. The van der Waals surface area contributed by atoms with Crippen molar-refractivity contribution in [1.82, 2.24) is 9.78 Å². The molecule has 0 N–H and O–H groups in total. The van der Waals surface area contributed by atoms with Gasteiger partial charge in [0.2, 0.25) is 0 Å². The normalized spacial score (nSPS) is 11.1. The lowest BCUT2D eigenvalue weighted by atomic mass is 10.2. The summed E-state index contributed by atoms with van der Waals surface area (Å²) in [7, 11) is 1.76. The minimum absolute atomic E-state index is 0.232. The molecule has 0 spiro atoms. The molecule has 0 radical (unpaired) electrons. The lowest BCUT2D eigenvalue weighted by Crippen LogP contribution is -1.92. The molecule has 0 aliphatic carbocycles. The van der Waals surface area contributed by atoms with Crippen LogP contribution in [0.25, 0.3) is 10.9 Å². The van der Waals surface area contributed by atoms with E-state index in [9.17, 15) is 4.39 Å². The molecule has 0 saturated carbocycles. The monoisotopic (exact) mass is 256 g/mol. The molecule has 0 atom stereocenters. The van der Waals surface area contributed by atoms with Gasteiger partial charge in [-0.25, -0.2) is 4.39 Å². The fourth-order valence-corrected chi connectivity index (χ4v) is 2.09. The Kier molecular flexibility index (Phi) is 2.31. The quantitative estimate of drug-likeness (QED) is 0.767. The van der Waals surface area contributed by atoms with Crippen LogP contribution in [0.4, 0.5) is 4.39 Å². The standard InChI is InChI=1S/C10H10BrFN2/c1-3-9-7-4-6(11)5-8(12)10(7)14(2)13-9/h4-5H,3H2,1-2H3. The summed E-state index contributed by atoms with van der Waals surface area (Å²) in [6, 6.07) is 3.37. The molecule has 0 aliphatic rings. The van der Waals surface area contributed by atoms with Crippen LogP contribution < -0.4 is 0 Å². The molecule has 1 heterocycles. The summed E-state index contributed by atoms with van der Waals surface area (Å²) in [5.41, 5.74) is 1.51. The maximum Gasteiger partial charge on any atom is 0.150 e. The average molecular weight is 257 g/mol. The van der Waals surface area contributed by atoms with E-state index in [0.29, 0.717) is 5.52 Å². The first-order valence-electron chi connectivity index (χ1n) is 4.44. The van der Waals surface area contributed by atoms with Gasteiger partial charge in [0.15, 0.2) is 0 Å². The number of halogens is 2. The van der Waals surface area contributed by atoms with Crippen molar-refractivity contribution in [1.29, 1.82) is 0 Å². The predicted molar refractivity (Wildman–Crippen MR) is 57.8 cm³/mol. The van der Waals surface area contributed by atoms with Gasteiger partial charge in [0.25, 0.3) is 0 Å². The van der Waals surface area contributed by atoms with Crippen LogP contribution in [0.3, 0.4) is 0 Å². The molecule has 0 unspecified atom stereocenters. The molecule has 0 bridgehead atoms. The molecule has 2 aromatic rings. The number of benzene rings is 1. The van der Waals surface area contributed by atoms with Gasteiger partial charge in [-0.1, -0.05) is 22.9 Å². The zero-order valence-electron chi connectivity index (χ0n) is 8.01. The van der Waals surface area contributed by atoms with Crippen LogP contribution in [0.15, 0.2) is 16.6 Å². The van der Waals surface area contributed by atoms with Gasteiger partial charge in [0.05, 0.1) is 5.69 Å². The second kappa shape index (κ2) is 3.35. The van der Waals surface area contributed by atoms with Gasteiger partial charge >= 0.3 is 0 Å². The van der Waals surface area contributed by atoms with Gasteiger partial charge in [-0.2, -0.15) is 5.10 Å². The Labute approximate surface area is 89.8 Å². The zero-order valence-corrected chi connectivity index (χ0v) is 9.60. The highest BCUT2D eigenvalue weighted by Crippen LogP contribution is 2.25. The minimum atomic E-state index is -0.232. The highest BCUT2D eigenvalue weighted by atomic mass is 79.9. The van der Waals surface area contributed by atoms with Crippen molar-refractivity contribution in [2.45, 2.75) is 13.3 Å². The Bertz CT molecular complexity index is 490. The summed E-state index contributed by atoms with van der Waals surface area (Å²) in [6.45, 7) is 2.01. The number of rotatable bonds is 1. The minimum Gasteiger partial charge on any atom is -0.265 e. The molecular weight excluding hydrogens is 247 g/mol. The Balaban J connectivity index is 2.89. The summed E-state index contributed by atoms with van der Waals surface area (Å²) in [5, 5.41) is 5.16. The van der Waals surface area contributed by atoms with Crippen molar-refractivity contribution in [2.24, 2.45) is 7.05 Å². The highest BCUT2D eigenvalue weighted by molar-refractivity contribution is 9.10. The summed E-state index contributed by atoms with van der Waals surface area (Å²) >= 11 is 3.28. The molecule has 1 aromatic heterocycles. The zero-order chi connectivity index (χ0) is 10.3. The summed E-state index contributed by atoms with van der Waals surface area (Å²) in [4.78, 5) is 0. The molecule has 0 amide bonds. The third kappa shape index (κ3) is 1.34. The van der Waals surface area contributed by atoms with E-state index in [1.165, 1.54) is 6.07 Å². The molecule has 0 saturated heterocycles. The van der Waals surface area contributed by atoms with Crippen molar-refractivity contribution in [2.75, 3.05) is 0 Å². The average Bonchev–Trinajstić information content (AvgIpc) is 2.42. The van der Waals surface area contributed by atoms with Gasteiger partial charge in [-0.05, 0) is 18.6 Å². The molecule has 0 aliphatic heterocycles. The Morgan fingerprint density at radius 2 is 2.21 bits per heavy atom. The number of aromatic nitrogens is 2. The lowest BCUT2D eigenvalue weighted by Gasteiger charge is -1.97. The van der Waals surface area contributed by atoms with Crippen molar-refractivity contribution < 1.29 is 4.39 Å². The van der Waals surface area contributed by atoms with Crippen molar-refractivity contribution in [3.05, 3.63) is 28.1 Å². The maximum atomic E-state index is 13.6. The van der Waals surface area contributed by atoms with E-state index in [1.807, 2.05) is 13.0 Å². The van der Waals surface area contributed by atoms with E-state index in [2.05, 4.69) is 21.0 Å². The Morgan fingerprint density at radius 1 is 1.50 bits per heavy atom. The molecule has 1 aromatic carbocycles. The van der Waals surface area contributed by atoms with Crippen LogP contribution in [-0.2, 0) is 13.5 Å². The van der Waals surface area contributed by atoms with Crippen LogP contribution in [0.1, 0.15) is 12.6 Å². The summed E-state index contributed by atoms with van der Waals surface area (Å²) in [6.07, 6.45) is 0.813. The Hall–Kier alpha value is -0.900. The SMILES string of the molecule is CCc1nn(C)c2c(F)cc(Br)cc12. The first-order valence-corrected chi connectivity index (χ1v) is 5.23. The molecule has 0 fully saturated rings. The second-order valence-corrected chi connectivity index (χ2v) is 4.12. The van der Waals surface area contributed by atoms with Crippen LogP contribution >= 0.6 is 15.9 Å². The van der Waals surface area contributed by atoms with Crippen molar-refractivity contribution >= 4 is 26.8 Å². The topological polar surface area (TPSA) is 17.8 Å². The van der Waals surface area contributed by atoms with Gasteiger partial charge in [-0.3, -0.25) is 4.68 Å². The molecule has 2 rings (SSSR count). The van der Waals surface area contributed by atoms with Crippen LogP contribution in [-0.4, -0.2) is 9.78 Å². The van der Waals surface area contributed by atoms with E-state index in [1.54, 1.807) is 11.7 Å². The first-order chi connectivity index (χ1) is 6.63. The number of hydrogen-bond donors (Lipinski definition) is 0. The van der Waals surface area contributed by atoms with E-state index < -0.39 is 0 Å². The Morgan fingerprint density at radius 3 is 2.86 bits per heavy atom. The number of aryl methyl sites for hydroxylation is 2. The van der Waals surface area contributed by atoms with E-state index in [-0.39, 0.29) is 5.82 Å². The fourth-order valence-electron chi connectivity index (χ4n) is 1.66. The molecule has 74 valence electrons. The van der Waals surface area contributed by atoms with Crippen molar-refractivity contribution in [3.63, 3.8) is 0 Å². The largest absolute Gasteiger partial charge is 0.265 e. The third-order valence-electron chi connectivity index (χ3n) is 2.27. The molecule has 2 nitrogen and oxygen atoms in total. The van der Waals surface area contributed by atoms with E-state index in [0.717, 1.165) is 22.0 Å². The number of hydrogen-bond acceptors (Lipinski definition) is 1. The number of fused-ring (bicyclic) bond motifs is 1. The number of nitrogens with zero attached hydrogens (tertiary/aromatic N) is 2. The van der Waals surface area contributed by atoms with Gasteiger partial charge in [0.1, 0.15) is 11.3 Å². The summed E-state index contributed by atoms with van der Waals surface area (Å²) in [5.74, 6) is -0.232. The maximum absolute atomic E-state index is 13.6.